The van der Waals surface area contributed by atoms with Gasteiger partial charge in [-0.1, -0.05) is 25.5 Å². The Hall–Kier alpha value is -2.34. The van der Waals surface area contributed by atoms with E-state index in [1.807, 2.05) is 28.8 Å². The average molecular weight is 346 g/mol. The van der Waals surface area contributed by atoms with E-state index < -0.39 is 0 Å². The number of rotatable bonds is 7. The van der Waals surface area contributed by atoms with Gasteiger partial charge in [-0.15, -0.1) is 0 Å². The molecule has 0 aliphatic heterocycles. The van der Waals surface area contributed by atoms with Gasteiger partial charge in [0.2, 0.25) is 5.28 Å². The van der Waals surface area contributed by atoms with Gasteiger partial charge < -0.3 is 14.6 Å². The topological polar surface area (TPSA) is 64.9 Å². The van der Waals surface area contributed by atoms with Crippen molar-refractivity contribution in [3.8, 4) is 5.75 Å². The van der Waals surface area contributed by atoms with Crippen molar-refractivity contribution in [1.82, 2.24) is 19.5 Å². The van der Waals surface area contributed by atoms with Crippen molar-refractivity contribution in [2.24, 2.45) is 0 Å². The van der Waals surface area contributed by atoms with E-state index in [2.05, 4.69) is 27.2 Å². The summed E-state index contributed by atoms with van der Waals surface area (Å²) in [4.78, 5) is 13.1. The maximum atomic E-state index is 6.09. The number of aromatic nitrogens is 4. The summed E-state index contributed by atoms with van der Waals surface area (Å²) in [5.41, 5.74) is 2.62. The first-order chi connectivity index (χ1) is 11.7. The van der Waals surface area contributed by atoms with Gasteiger partial charge in [-0.05, 0) is 35.7 Å². The monoisotopic (exact) mass is 345 g/mol. The Morgan fingerprint density at radius 3 is 2.71 bits per heavy atom. The van der Waals surface area contributed by atoms with Crippen molar-refractivity contribution in [1.29, 1.82) is 0 Å². The van der Waals surface area contributed by atoms with Gasteiger partial charge in [0, 0.05) is 13.1 Å². The SMILES string of the molecule is CCCCn1cnc2c(NCc3ccc(OC)cc3)nc(Cl)nc21. The third kappa shape index (κ3) is 3.59. The number of unbranched alkanes of at least 4 members (excludes halogenated alkanes) is 1. The molecule has 0 atom stereocenters. The highest BCUT2D eigenvalue weighted by Gasteiger charge is 2.12. The van der Waals surface area contributed by atoms with Gasteiger partial charge >= 0.3 is 0 Å². The van der Waals surface area contributed by atoms with Gasteiger partial charge in [0.25, 0.3) is 0 Å². The third-order valence-electron chi connectivity index (χ3n) is 3.81. The number of fused-ring (bicyclic) bond motifs is 1. The van der Waals surface area contributed by atoms with Crippen LogP contribution in [0.2, 0.25) is 5.28 Å². The minimum Gasteiger partial charge on any atom is -0.497 e. The first kappa shape index (κ1) is 16.5. The molecule has 2 aromatic heterocycles. The fourth-order valence-corrected chi connectivity index (χ4v) is 2.63. The quantitative estimate of drug-likeness (QED) is 0.658. The lowest BCUT2D eigenvalue weighted by molar-refractivity contribution is 0.414. The summed E-state index contributed by atoms with van der Waals surface area (Å²) >= 11 is 6.09. The van der Waals surface area contributed by atoms with E-state index in [0.29, 0.717) is 12.4 Å². The van der Waals surface area contributed by atoms with E-state index in [0.717, 1.165) is 41.9 Å². The minimum atomic E-state index is 0.220. The Labute approximate surface area is 145 Å². The summed E-state index contributed by atoms with van der Waals surface area (Å²) < 4.78 is 7.19. The van der Waals surface area contributed by atoms with Crippen LogP contribution in [0.5, 0.6) is 5.75 Å². The van der Waals surface area contributed by atoms with Crippen LogP contribution in [-0.2, 0) is 13.1 Å². The highest BCUT2D eigenvalue weighted by Crippen LogP contribution is 2.22. The Bertz CT molecular complexity index is 816. The van der Waals surface area contributed by atoms with Crippen molar-refractivity contribution < 1.29 is 4.74 Å². The van der Waals surface area contributed by atoms with Gasteiger partial charge in [0.15, 0.2) is 17.0 Å². The largest absolute Gasteiger partial charge is 0.497 e. The van der Waals surface area contributed by atoms with Crippen molar-refractivity contribution >= 4 is 28.6 Å². The normalized spacial score (nSPS) is 11.0. The van der Waals surface area contributed by atoms with Crippen LogP contribution in [0.15, 0.2) is 30.6 Å². The summed E-state index contributed by atoms with van der Waals surface area (Å²) in [6, 6.07) is 7.87. The van der Waals surface area contributed by atoms with E-state index in [9.17, 15) is 0 Å². The molecule has 1 aromatic carbocycles. The molecule has 0 bridgehead atoms. The van der Waals surface area contributed by atoms with Crippen LogP contribution in [-0.4, -0.2) is 26.6 Å². The molecule has 126 valence electrons. The molecule has 0 amide bonds. The summed E-state index contributed by atoms with van der Waals surface area (Å²) in [5.74, 6) is 1.48. The molecule has 2 heterocycles. The van der Waals surface area contributed by atoms with Gasteiger partial charge in [0.1, 0.15) is 5.75 Å². The number of halogens is 1. The van der Waals surface area contributed by atoms with Crippen molar-refractivity contribution in [3.05, 3.63) is 41.4 Å². The zero-order chi connectivity index (χ0) is 16.9. The average Bonchev–Trinajstić information content (AvgIpc) is 3.01. The molecule has 0 unspecified atom stereocenters. The minimum absolute atomic E-state index is 0.220. The molecule has 3 aromatic rings. The first-order valence-electron chi connectivity index (χ1n) is 7.96. The number of hydrogen-bond donors (Lipinski definition) is 1. The second kappa shape index (κ2) is 7.49. The molecule has 0 radical (unpaired) electrons. The van der Waals surface area contributed by atoms with E-state index in [-0.39, 0.29) is 5.28 Å². The van der Waals surface area contributed by atoms with Crippen LogP contribution in [0, 0.1) is 0 Å². The molecule has 0 fully saturated rings. The summed E-state index contributed by atoms with van der Waals surface area (Å²) in [5, 5.41) is 3.52. The number of ether oxygens (including phenoxy) is 1. The Morgan fingerprint density at radius 1 is 1.21 bits per heavy atom. The summed E-state index contributed by atoms with van der Waals surface area (Å²) in [6.45, 7) is 3.65. The van der Waals surface area contributed by atoms with E-state index in [4.69, 9.17) is 16.3 Å². The van der Waals surface area contributed by atoms with E-state index in [1.165, 1.54) is 0 Å². The number of imidazole rings is 1. The number of hydrogen-bond acceptors (Lipinski definition) is 5. The maximum absolute atomic E-state index is 6.09. The van der Waals surface area contributed by atoms with E-state index >= 15 is 0 Å². The standard InChI is InChI=1S/C17H20ClN5O/c1-3-4-9-23-11-20-14-15(21-17(18)22-16(14)23)19-10-12-5-7-13(24-2)8-6-12/h5-8,11H,3-4,9-10H2,1-2H3,(H,19,21,22). The molecule has 0 saturated heterocycles. The number of aryl methyl sites for hydroxylation is 1. The van der Waals surface area contributed by atoms with Gasteiger partial charge in [0.05, 0.1) is 13.4 Å². The number of methoxy groups -OCH3 is 1. The van der Waals surface area contributed by atoms with Crippen LogP contribution in [0.3, 0.4) is 0 Å². The lowest BCUT2D eigenvalue weighted by Crippen LogP contribution is -2.04. The third-order valence-corrected chi connectivity index (χ3v) is 3.98. The molecule has 7 heteroatoms. The number of nitrogens with zero attached hydrogens (tertiary/aromatic N) is 4. The number of benzene rings is 1. The molecule has 0 saturated carbocycles. The number of nitrogens with one attached hydrogen (secondary N) is 1. The lowest BCUT2D eigenvalue weighted by Gasteiger charge is -2.08. The van der Waals surface area contributed by atoms with E-state index in [1.54, 1.807) is 13.4 Å². The summed E-state index contributed by atoms with van der Waals surface area (Å²) in [7, 11) is 1.65. The molecular formula is C17H20ClN5O. The van der Waals surface area contributed by atoms with Crippen LogP contribution >= 0.6 is 11.6 Å². The highest BCUT2D eigenvalue weighted by molar-refractivity contribution is 6.28. The predicted molar refractivity (Wildman–Crippen MR) is 95.6 cm³/mol. The predicted octanol–water partition coefficient (Wildman–Crippen LogP) is 3.90. The zero-order valence-electron chi connectivity index (χ0n) is 13.8. The molecule has 0 aliphatic carbocycles. The molecule has 3 rings (SSSR count). The lowest BCUT2D eigenvalue weighted by atomic mass is 10.2. The molecule has 0 aliphatic rings. The van der Waals surface area contributed by atoms with Crippen molar-refractivity contribution in [2.75, 3.05) is 12.4 Å². The van der Waals surface area contributed by atoms with Crippen LogP contribution in [0.4, 0.5) is 5.82 Å². The summed E-state index contributed by atoms with van der Waals surface area (Å²) in [6.07, 6.45) is 3.98. The Kier molecular flexibility index (Phi) is 5.15. The van der Waals surface area contributed by atoms with Crippen LogP contribution in [0.1, 0.15) is 25.3 Å². The first-order valence-corrected chi connectivity index (χ1v) is 8.34. The molecule has 1 N–H and O–H groups in total. The molecule has 0 spiro atoms. The van der Waals surface area contributed by atoms with Crippen LogP contribution < -0.4 is 10.1 Å². The number of anilines is 1. The van der Waals surface area contributed by atoms with Gasteiger partial charge in [-0.2, -0.15) is 9.97 Å². The fourth-order valence-electron chi connectivity index (χ4n) is 2.46. The second-order valence-electron chi connectivity index (χ2n) is 5.51. The van der Waals surface area contributed by atoms with Gasteiger partial charge in [-0.3, -0.25) is 0 Å². The second-order valence-corrected chi connectivity index (χ2v) is 5.84. The Balaban J connectivity index is 1.81. The fraction of sp³-hybridized carbons (Fsp3) is 0.353. The zero-order valence-corrected chi connectivity index (χ0v) is 14.5. The highest BCUT2D eigenvalue weighted by atomic mass is 35.5. The maximum Gasteiger partial charge on any atom is 0.226 e. The van der Waals surface area contributed by atoms with Crippen molar-refractivity contribution in [3.63, 3.8) is 0 Å². The van der Waals surface area contributed by atoms with Crippen molar-refractivity contribution in [2.45, 2.75) is 32.9 Å². The Morgan fingerprint density at radius 2 is 2.00 bits per heavy atom. The van der Waals surface area contributed by atoms with Crippen LogP contribution in [0.25, 0.3) is 11.2 Å². The molecular weight excluding hydrogens is 326 g/mol. The molecule has 6 nitrogen and oxygen atoms in total. The molecule has 24 heavy (non-hydrogen) atoms. The smallest absolute Gasteiger partial charge is 0.226 e. The van der Waals surface area contributed by atoms with Gasteiger partial charge in [-0.25, -0.2) is 4.98 Å².